The van der Waals surface area contributed by atoms with E-state index in [9.17, 15) is 13.2 Å². The Labute approximate surface area is 235 Å². The van der Waals surface area contributed by atoms with Gasteiger partial charge in [0.15, 0.2) is 0 Å². The molecule has 1 amide bonds. The molecule has 0 aromatic heterocycles. The molecular formula is C31H30ClN3O3S. The number of hydrogen-bond donors (Lipinski definition) is 0. The minimum Gasteiger partial charge on any atom is -0.368 e. The van der Waals surface area contributed by atoms with Gasteiger partial charge in [0, 0.05) is 36.9 Å². The molecule has 0 spiro atoms. The van der Waals surface area contributed by atoms with Gasteiger partial charge in [0.05, 0.1) is 22.7 Å². The Hall–Kier alpha value is -3.81. The predicted molar refractivity (Wildman–Crippen MR) is 157 cm³/mol. The van der Waals surface area contributed by atoms with Crippen LogP contribution in [0.15, 0.2) is 108 Å². The van der Waals surface area contributed by atoms with Gasteiger partial charge in [-0.3, -0.25) is 9.10 Å². The lowest BCUT2D eigenvalue weighted by Crippen LogP contribution is -2.49. The molecule has 0 atom stereocenters. The molecule has 0 unspecified atom stereocenters. The minimum atomic E-state index is -3.95. The third kappa shape index (κ3) is 5.79. The van der Waals surface area contributed by atoms with E-state index in [4.69, 9.17) is 11.6 Å². The van der Waals surface area contributed by atoms with Crippen LogP contribution in [0.5, 0.6) is 0 Å². The van der Waals surface area contributed by atoms with Crippen molar-refractivity contribution in [1.29, 1.82) is 0 Å². The van der Waals surface area contributed by atoms with Crippen molar-refractivity contribution >= 4 is 38.9 Å². The van der Waals surface area contributed by atoms with Crippen LogP contribution in [0.3, 0.4) is 0 Å². The number of anilines is 2. The third-order valence-corrected chi connectivity index (χ3v) is 8.99. The lowest BCUT2D eigenvalue weighted by atomic mass is 10.1. The molecule has 1 aliphatic rings. The number of aryl methyl sites for hydroxylation is 1. The second kappa shape index (κ2) is 11.5. The minimum absolute atomic E-state index is 0.101. The smallest absolute Gasteiger partial charge is 0.264 e. The number of sulfonamides is 1. The monoisotopic (exact) mass is 559 g/mol. The summed E-state index contributed by atoms with van der Waals surface area (Å²) in [4.78, 5) is 18.1. The van der Waals surface area contributed by atoms with Crippen LogP contribution in [0.4, 0.5) is 11.4 Å². The summed E-state index contributed by atoms with van der Waals surface area (Å²) in [5.41, 5.74) is 3.75. The molecule has 0 saturated carbocycles. The van der Waals surface area contributed by atoms with Gasteiger partial charge in [0.1, 0.15) is 0 Å². The lowest BCUT2D eigenvalue weighted by Gasteiger charge is -2.37. The van der Waals surface area contributed by atoms with E-state index in [1.54, 1.807) is 59.5 Å². The molecule has 8 heteroatoms. The largest absolute Gasteiger partial charge is 0.368 e. The molecule has 4 aromatic carbocycles. The number of para-hydroxylation sites is 1. The van der Waals surface area contributed by atoms with Crippen molar-refractivity contribution in [3.8, 4) is 0 Å². The van der Waals surface area contributed by atoms with Crippen molar-refractivity contribution in [2.75, 3.05) is 35.4 Å². The van der Waals surface area contributed by atoms with Gasteiger partial charge in [-0.25, -0.2) is 8.42 Å². The first-order valence-electron chi connectivity index (χ1n) is 12.9. The van der Waals surface area contributed by atoms with Crippen LogP contribution in [-0.4, -0.2) is 45.4 Å². The quantitative estimate of drug-likeness (QED) is 0.278. The summed E-state index contributed by atoms with van der Waals surface area (Å²) in [5, 5.41) is 0.682. The van der Waals surface area contributed by atoms with Gasteiger partial charge in [-0.2, -0.15) is 0 Å². The molecular weight excluding hydrogens is 530 g/mol. The number of rotatable bonds is 7. The zero-order valence-corrected chi connectivity index (χ0v) is 23.3. The number of nitrogens with zero attached hydrogens (tertiary/aromatic N) is 3. The number of benzene rings is 4. The van der Waals surface area contributed by atoms with Crippen molar-refractivity contribution < 1.29 is 13.2 Å². The fraction of sp³-hybridized carbons (Fsp3) is 0.194. The van der Waals surface area contributed by atoms with Crippen LogP contribution in [0.1, 0.15) is 21.5 Å². The fourth-order valence-electron chi connectivity index (χ4n) is 4.88. The van der Waals surface area contributed by atoms with E-state index in [1.807, 2.05) is 55.5 Å². The van der Waals surface area contributed by atoms with Crippen molar-refractivity contribution in [2.45, 2.75) is 18.4 Å². The highest BCUT2D eigenvalue weighted by Gasteiger charge is 2.31. The normalized spacial score (nSPS) is 13.8. The maximum Gasteiger partial charge on any atom is 0.264 e. The van der Waals surface area contributed by atoms with Crippen molar-refractivity contribution in [3.63, 3.8) is 0 Å². The van der Waals surface area contributed by atoms with Crippen molar-refractivity contribution in [2.24, 2.45) is 0 Å². The summed E-state index contributed by atoms with van der Waals surface area (Å²) in [7, 11) is -3.95. The Morgan fingerprint density at radius 3 is 2.13 bits per heavy atom. The summed E-state index contributed by atoms with van der Waals surface area (Å²) in [6.07, 6.45) is 0. The first-order valence-corrected chi connectivity index (χ1v) is 14.7. The molecule has 0 bridgehead atoms. The van der Waals surface area contributed by atoms with E-state index in [-0.39, 0.29) is 17.3 Å². The SMILES string of the molecule is Cc1ccc(Cl)cc1N1CCN(C(=O)c2ccccc2N(Cc2ccccc2)S(=O)(=O)c2ccccc2)CC1. The van der Waals surface area contributed by atoms with Gasteiger partial charge in [0.25, 0.3) is 15.9 Å². The molecule has 6 nitrogen and oxygen atoms in total. The lowest BCUT2D eigenvalue weighted by molar-refractivity contribution is 0.0747. The van der Waals surface area contributed by atoms with E-state index in [0.717, 1.165) is 16.8 Å². The van der Waals surface area contributed by atoms with Crippen molar-refractivity contribution in [1.82, 2.24) is 4.90 Å². The molecule has 1 saturated heterocycles. The van der Waals surface area contributed by atoms with E-state index in [0.29, 0.717) is 42.5 Å². The number of amides is 1. The molecule has 1 fully saturated rings. The molecule has 0 aliphatic carbocycles. The van der Waals surface area contributed by atoms with Gasteiger partial charge < -0.3 is 9.80 Å². The standard InChI is InChI=1S/C31H30ClN3O3S/c1-24-16-17-26(32)22-30(24)33-18-20-34(21-19-33)31(36)28-14-8-9-15-29(28)35(23-25-10-4-2-5-11-25)39(37,38)27-12-6-3-7-13-27/h2-17,22H,18-21,23H2,1H3. The molecule has 0 N–H and O–H groups in total. The highest BCUT2D eigenvalue weighted by molar-refractivity contribution is 7.92. The molecule has 39 heavy (non-hydrogen) atoms. The number of carbonyl (C=O) groups is 1. The summed E-state index contributed by atoms with van der Waals surface area (Å²) in [5.74, 6) is -0.186. The van der Waals surface area contributed by atoms with Gasteiger partial charge in [-0.15, -0.1) is 0 Å². The van der Waals surface area contributed by atoms with Crippen LogP contribution >= 0.6 is 11.6 Å². The topological polar surface area (TPSA) is 60.9 Å². The van der Waals surface area contributed by atoms with Gasteiger partial charge in [-0.05, 0) is 54.4 Å². The summed E-state index contributed by atoms with van der Waals surface area (Å²) in [6.45, 7) is 4.50. The Bertz CT molecular complexity index is 1550. The van der Waals surface area contributed by atoms with Gasteiger partial charge in [-0.1, -0.05) is 78.3 Å². The van der Waals surface area contributed by atoms with Crippen LogP contribution in [0.2, 0.25) is 5.02 Å². The summed E-state index contributed by atoms with van der Waals surface area (Å²) in [6, 6.07) is 30.5. The van der Waals surface area contributed by atoms with Crippen LogP contribution in [0.25, 0.3) is 0 Å². The van der Waals surface area contributed by atoms with Crippen molar-refractivity contribution in [3.05, 3.63) is 125 Å². The number of halogens is 1. The highest BCUT2D eigenvalue weighted by atomic mass is 35.5. The fourth-order valence-corrected chi connectivity index (χ4v) is 6.54. The third-order valence-electron chi connectivity index (χ3n) is 6.98. The zero-order chi connectivity index (χ0) is 27.4. The van der Waals surface area contributed by atoms with E-state index < -0.39 is 10.0 Å². The number of hydrogen-bond acceptors (Lipinski definition) is 4. The predicted octanol–water partition coefficient (Wildman–Crippen LogP) is 6.01. The molecule has 0 radical (unpaired) electrons. The van der Waals surface area contributed by atoms with E-state index >= 15 is 0 Å². The van der Waals surface area contributed by atoms with Gasteiger partial charge in [0.2, 0.25) is 0 Å². The maximum absolute atomic E-state index is 13.9. The Morgan fingerprint density at radius 2 is 1.44 bits per heavy atom. The van der Waals surface area contributed by atoms with Crippen LogP contribution in [-0.2, 0) is 16.6 Å². The Morgan fingerprint density at radius 1 is 0.821 bits per heavy atom. The van der Waals surface area contributed by atoms with E-state index in [1.165, 1.54) is 4.31 Å². The second-order valence-corrected chi connectivity index (χ2v) is 11.8. The molecule has 1 aliphatic heterocycles. The highest BCUT2D eigenvalue weighted by Crippen LogP contribution is 2.31. The molecule has 5 rings (SSSR count). The molecule has 1 heterocycles. The molecule has 200 valence electrons. The first kappa shape index (κ1) is 26.8. The average Bonchev–Trinajstić information content (AvgIpc) is 2.98. The van der Waals surface area contributed by atoms with E-state index in [2.05, 4.69) is 4.90 Å². The summed E-state index contributed by atoms with van der Waals surface area (Å²) < 4.78 is 29.2. The Kier molecular flexibility index (Phi) is 7.91. The Balaban J connectivity index is 1.45. The van der Waals surface area contributed by atoms with Crippen LogP contribution in [0, 0.1) is 6.92 Å². The van der Waals surface area contributed by atoms with Gasteiger partial charge >= 0.3 is 0 Å². The average molecular weight is 560 g/mol. The summed E-state index contributed by atoms with van der Waals surface area (Å²) >= 11 is 6.24. The first-order chi connectivity index (χ1) is 18.8. The van der Waals surface area contributed by atoms with Crippen LogP contribution < -0.4 is 9.21 Å². The zero-order valence-electron chi connectivity index (χ0n) is 21.7. The number of piperazine rings is 1. The maximum atomic E-state index is 13.9. The number of carbonyl (C=O) groups excluding carboxylic acids is 1. The molecule has 4 aromatic rings. The second-order valence-electron chi connectivity index (χ2n) is 9.54.